The third-order valence-electron chi connectivity index (χ3n) is 4.57. The number of nitrogens with one attached hydrogen (secondary N) is 1. The lowest BCUT2D eigenvalue weighted by Crippen LogP contribution is -2.49. The van der Waals surface area contributed by atoms with Gasteiger partial charge in [0.15, 0.2) is 0 Å². The first kappa shape index (κ1) is 16.0. The van der Waals surface area contributed by atoms with Gasteiger partial charge < -0.3 is 14.8 Å². The van der Waals surface area contributed by atoms with Crippen molar-refractivity contribution in [3.8, 4) is 0 Å². The number of piperazine rings is 1. The van der Waals surface area contributed by atoms with Gasteiger partial charge in [0.05, 0.1) is 5.69 Å². The van der Waals surface area contributed by atoms with E-state index in [1.807, 2.05) is 29.2 Å². The number of amides is 1. The molecule has 4 nitrogen and oxygen atoms in total. The van der Waals surface area contributed by atoms with E-state index in [-0.39, 0.29) is 11.7 Å². The van der Waals surface area contributed by atoms with Gasteiger partial charge in [-0.2, -0.15) is 0 Å². The van der Waals surface area contributed by atoms with Crippen molar-refractivity contribution >= 4 is 34.1 Å². The van der Waals surface area contributed by atoms with Crippen molar-refractivity contribution < 1.29 is 9.18 Å². The van der Waals surface area contributed by atoms with Crippen LogP contribution < -0.4 is 4.90 Å². The van der Waals surface area contributed by atoms with Gasteiger partial charge in [0, 0.05) is 42.1 Å². The molecule has 0 atom stereocenters. The highest BCUT2D eigenvalue weighted by Gasteiger charge is 2.24. The molecule has 0 spiro atoms. The molecule has 25 heavy (non-hydrogen) atoms. The van der Waals surface area contributed by atoms with Crippen molar-refractivity contribution in [3.05, 3.63) is 65.1 Å². The highest BCUT2D eigenvalue weighted by Crippen LogP contribution is 2.23. The van der Waals surface area contributed by atoms with E-state index in [1.54, 1.807) is 23.1 Å². The molecule has 0 bridgehead atoms. The van der Waals surface area contributed by atoms with Crippen LogP contribution in [-0.4, -0.2) is 42.0 Å². The molecular formula is C19H17ClFN3O. The number of fused-ring (bicyclic) bond motifs is 1. The summed E-state index contributed by atoms with van der Waals surface area (Å²) in [4.78, 5) is 19.6. The number of aromatic nitrogens is 1. The van der Waals surface area contributed by atoms with Crippen molar-refractivity contribution in [3.63, 3.8) is 0 Å². The van der Waals surface area contributed by atoms with Crippen LogP contribution in [0.4, 0.5) is 10.1 Å². The van der Waals surface area contributed by atoms with Crippen LogP contribution in [-0.2, 0) is 0 Å². The molecule has 1 aromatic heterocycles. The van der Waals surface area contributed by atoms with Crippen LogP contribution >= 0.6 is 11.6 Å². The quantitative estimate of drug-likeness (QED) is 0.755. The minimum atomic E-state index is -0.227. The molecule has 3 aromatic rings. The normalized spacial score (nSPS) is 15.0. The first-order valence-corrected chi connectivity index (χ1v) is 8.56. The summed E-state index contributed by atoms with van der Waals surface area (Å²) in [5, 5.41) is 1.59. The van der Waals surface area contributed by atoms with Gasteiger partial charge in [-0.05, 0) is 30.3 Å². The van der Waals surface area contributed by atoms with Crippen molar-refractivity contribution in [1.29, 1.82) is 0 Å². The van der Waals surface area contributed by atoms with E-state index in [9.17, 15) is 9.18 Å². The number of hydrogen-bond acceptors (Lipinski definition) is 2. The van der Waals surface area contributed by atoms with E-state index in [4.69, 9.17) is 11.6 Å². The molecule has 1 aliphatic rings. The first-order chi connectivity index (χ1) is 12.1. The van der Waals surface area contributed by atoms with E-state index in [0.717, 1.165) is 10.9 Å². The first-order valence-electron chi connectivity index (χ1n) is 8.19. The highest BCUT2D eigenvalue weighted by atomic mass is 35.5. The lowest BCUT2D eigenvalue weighted by molar-refractivity contribution is 0.0741. The van der Waals surface area contributed by atoms with E-state index in [1.165, 1.54) is 6.07 Å². The fourth-order valence-electron chi connectivity index (χ4n) is 3.24. The summed E-state index contributed by atoms with van der Waals surface area (Å²) in [7, 11) is 0. The fourth-order valence-corrected chi connectivity index (χ4v) is 3.42. The van der Waals surface area contributed by atoms with Crippen molar-refractivity contribution in [2.75, 3.05) is 31.1 Å². The zero-order chi connectivity index (χ0) is 17.4. The molecule has 128 valence electrons. The Balaban J connectivity index is 1.48. The van der Waals surface area contributed by atoms with Gasteiger partial charge in [0.25, 0.3) is 5.91 Å². The van der Waals surface area contributed by atoms with Crippen LogP contribution in [0.1, 0.15) is 10.5 Å². The van der Waals surface area contributed by atoms with Crippen LogP contribution in [0.25, 0.3) is 10.9 Å². The van der Waals surface area contributed by atoms with Crippen LogP contribution in [0.5, 0.6) is 0 Å². The zero-order valence-electron chi connectivity index (χ0n) is 13.5. The Hall–Kier alpha value is -2.53. The molecule has 0 aliphatic carbocycles. The predicted molar refractivity (Wildman–Crippen MR) is 97.8 cm³/mol. The van der Waals surface area contributed by atoms with Crippen LogP contribution in [0.2, 0.25) is 5.02 Å². The molecular weight excluding hydrogens is 341 g/mol. The van der Waals surface area contributed by atoms with Gasteiger partial charge in [-0.15, -0.1) is 0 Å². The smallest absolute Gasteiger partial charge is 0.270 e. The van der Waals surface area contributed by atoms with Gasteiger partial charge >= 0.3 is 0 Å². The Morgan fingerprint density at radius 2 is 1.80 bits per heavy atom. The number of hydrogen-bond donors (Lipinski definition) is 1. The van der Waals surface area contributed by atoms with Gasteiger partial charge in [-0.1, -0.05) is 29.8 Å². The monoisotopic (exact) mass is 357 g/mol. The lowest BCUT2D eigenvalue weighted by atomic mass is 10.2. The van der Waals surface area contributed by atoms with Gasteiger partial charge in [-0.25, -0.2) is 4.39 Å². The molecule has 1 amide bonds. The Labute approximate surface area is 149 Å². The number of nitrogens with zero attached hydrogens (tertiary/aromatic N) is 2. The maximum Gasteiger partial charge on any atom is 0.270 e. The van der Waals surface area contributed by atoms with Crippen molar-refractivity contribution in [2.24, 2.45) is 0 Å². The number of aromatic amines is 1. The summed E-state index contributed by atoms with van der Waals surface area (Å²) in [5.41, 5.74) is 1.99. The summed E-state index contributed by atoms with van der Waals surface area (Å²) < 4.78 is 13.9. The second-order valence-corrected chi connectivity index (χ2v) is 6.58. The molecule has 0 unspecified atom stereocenters. The third-order valence-corrected chi connectivity index (χ3v) is 4.81. The number of para-hydroxylation sites is 1. The number of benzene rings is 2. The maximum atomic E-state index is 13.9. The molecule has 2 heterocycles. The van der Waals surface area contributed by atoms with Crippen LogP contribution in [0.3, 0.4) is 0 Å². The summed E-state index contributed by atoms with van der Waals surface area (Å²) >= 11 is 5.99. The average Bonchev–Trinajstić information content (AvgIpc) is 3.05. The number of carbonyl (C=O) groups is 1. The van der Waals surface area contributed by atoms with E-state index < -0.39 is 0 Å². The topological polar surface area (TPSA) is 39.3 Å². The number of carbonyl (C=O) groups excluding carboxylic acids is 1. The maximum absolute atomic E-state index is 13.9. The lowest BCUT2D eigenvalue weighted by Gasteiger charge is -2.36. The molecule has 1 N–H and O–H groups in total. The molecule has 1 saturated heterocycles. The Morgan fingerprint density at radius 3 is 2.56 bits per heavy atom. The second kappa shape index (κ2) is 6.41. The zero-order valence-corrected chi connectivity index (χ0v) is 14.3. The number of anilines is 1. The minimum absolute atomic E-state index is 0.0412. The highest BCUT2D eigenvalue weighted by molar-refractivity contribution is 6.31. The second-order valence-electron chi connectivity index (χ2n) is 6.15. The van der Waals surface area contributed by atoms with Gasteiger partial charge in [0.2, 0.25) is 0 Å². The summed E-state index contributed by atoms with van der Waals surface area (Å²) in [5.74, 6) is -0.268. The van der Waals surface area contributed by atoms with E-state index in [0.29, 0.717) is 42.6 Å². The fraction of sp³-hybridized carbons (Fsp3) is 0.211. The Kier molecular flexibility index (Phi) is 4.09. The summed E-state index contributed by atoms with van der Waals surface area (Å²) in [6, 6.07) is 14.1. The van der Waals surface area contributed by atoms with E-state index >= 15 is 0 Å². The SMILES string of the molecule is O=C(c1cc2ccc(Cl)cc2[nH]1)N1CCN(c2ccccc2F)CC1. The third kappa shape index (κ3) is 3.07. The minimum Gasteiger partial charge on any atom is -0.366 e. The van der Waals surface area contributed by atoms with Gasteiger partial charge in [0.1, 0.15) is 11.5 Å². The summed E-state index contributed by atoms with van der Waals surface area (Å²) in [6.45, 7) is 2.34. The molecule has 4 rings (SSSR count). The van der Waals surface area contributed by atoms with Crippen LogP contribution in [0, 0.1) is 5.82 Å². The standard InChI is InChI=1S/C19H17ClFN3O/c20-14-6-5-13-11-17(22-16(13)12-14)19(25)24-9-7-23(8-10-24)18-4-2-1-3-15(18)21/h1-6,11-12,22H,7-10H2. The molecule has 1 fully saturated rings. The van der Waals surface area contributed by atoms with Crippen LogP contribution in [0.15, 0.2) is 48.5 Å². The molecule has 2 aromatic carbocycles. The molecule has 1 aliphatic heterocycles. The number of halogens is 2. The molecule has 0 radical (unpaired) electrons. The van der Waals surface area contributed by atoms with Crippen molar-refractivity contribution in [2.45, 2.75) is 0 Å². The van der Waals surface area contributed by atoms with Gasteiger partial charge in [-0.3, -0.25) is 4.79 Å². The molecule has 0 saturated carbocycles. The average molecular weight is 358 g/mol. The largest absolute Gasteiger partial charge is 0.366 e. The number of rotatable bonds is 2. The Morgan fingerprint density at radius 1 is 1.04 bits per heavy atom. The Bertz CT molecular complexity index is 931. The van der Waals surface area contributed by atoms with Crippen molar-refractivity contribution in [1.82, 2.24) is 9.88 Å². The predicted octanol–water partition coefficient (Wildman–Crippen LogP) is 3.92. The number of H-pyrrole nitrogens is 1. The summed E-state index contributed by atoms with van der Waals surface area (Å²) in [6.07, 6.45) is 0. The molecule has 6 heteroatoms. The van der Waals surface area contributed by atoms with E-state index in [2.05, 4.69) is 4.98 Å².